The minimum Gasteiger partial charge on any atom is -0.507 e. The zero-order chi connectivity index (χ0) is 38.1. The van der Waals surface area contributed by atoms with Crippen molar-refractivity contribution in [2.45, 2.75) is 52.4 Å². The lowest BCUT2D eigenvalue weighted by Gasteiger charge is -2.23. The highest BCUT2D eigenvalue weighted by Gasteiger charge is 2.25. The van der Waals surface area contributed by atoms with Crippen LogP contribution in [0.4, 0.5) is 0 Å². The molecule has 6 aromatic carbocycles. The molecule has 0 spiro atoms. The van der Waals surface area contributed by atoms with Gasteiger partial charge < -0.3 is 9.52 Å². The molecule has 0 aliphatic rings. The molecule has 9 aromatic rings. The van der Waals surface area contributed by atoms with E-state index in [1.54, 1.807) is 6.07 Å². The molecule has 3 heterocycles. The van der Waals surface area contributed by atoms with Gasteiger partial charge in [0.1, 0.15) is 22.7 Å². The normalized spacial score (nSPS) is 12.3. The Labute approximate surface area is 321 Å². The zero-order valence-electron chi connectivity index (χ0n) is 32.1. The summed E-state index contributed by atoms with van der Waals surface area (Å²) >= 11 is 0. The van der Waals surface area contributed by atoms with E-state index >= 15 is 0 Å². The molecule has 0 fully saturated rings. The van der Waals surface area contributed by atoms with Crippen LogP contribution in [0.3, 0.4) is 0 Å². The average Bonchev–Trinajstić information content (AvgIpc) is 3.75. The Hall–Kier alpha value is -6.46. The Bertz CT molecular complexity index is 2900. The molecule has 0 saturated carbocycles. The van der Waals surface area contributed by atoms with Crippen LogP contribution < -0.4 is 0 Å². The van der Waals surface area contributed by atoms with Gasteiger partial charge in [0.15, 0.2) is 0 Å². The molecule has 3 aromatic heterocycles. The first-order valence-corrected chi connectivity index (χ1v) is 18.9. The van der Waals surface area contributed by atoms with Gasteiger partial charge in [-0.3, -0.25) is 9.55 Å². The number of fused-ring (bicyclic) bond motifs is 4. The SMILES string of the molecule is CC(C)(C)c1cc(-c2cc3oc4ccccc4c3cn2)cc(-c2cccc3c2nc(-c2ccccc2O)n3-c2ccc(C(C)(C)C)cc2-c2ccccc2)c1. The second-order valence-corrected chi connectivity index (χ2v) is 16.5. The fourth-order valence-electron chi connectivity index (χ4n) is 7.61. The summed E-state index contributed by atoms with van der Waals surface area (Å²) in [7, 11) is 0. The fraction of sp³-hybridized carbons (Fsp3) is 0.160. The fourth-order valence-corrected chi connectivity index (χ4v) is 7.61. The lowest BCUT2D eigenvalue weighted by atomic mass is 9.83. The third-order valence-corrected chi connectivity index (χ3v) is 10.7. The summed E-state index contributed by atoms with van der Waals surface area (Å²) in [6, 6.07) is 48.0. The second-order valence-electron chi connectivity index (χ2n) is 16.5. The third-order valence-electron chi connectivity index (χ3n) is 10.7. The van der Waals surface area contributed by atoms with E-state index in [0.717, 1.165) is 72.2 Å². The molecule has 0 radical (unpaired) electrons. The molecule has 0 bridgehead atoms. The number of benzene rings is 6. The van der Waals surface area contributed by atoms with E-state index in [9.17, 15) is 5.11 Å². The predicted octanol–water partition coefficient (Wildman–Crippen LogP) is 13.3. The van der Waals surface area contributed by atoms with Gasteiger partial charge in [-0.05, 0) is 81.6 Å². The van der Waals surface area contributed by atoms with E-state index in [1.165, 1.54) is 11.1 Å². The lowest BCUT2D eigenvalue weighted by Crippen LogP contribution is -2.12. The first-order valence-electron chi connectivity index (χ1n) is 18.9. The van der Waals surface area contributed by atoms with Crippen molar-refractivity contribution in [1.29, 1.82) is 0 Å². The molecule has 5 nitrogen and oxygen atoms in total. The first-order chi connectivity index (χ1) is 26.4. The van der Waals surface area contributed by atoms with Crippen LogP contribution in [0.5, 0.6) is 5.75 Å². The molecular weight excluding hydrogens is 675 g/mol. The highest BCUT2D eigenvalue weighted by Crippen LogP contribution is 2.42. The van der Waals surface area contributed by atoms with E-state index in [2.05, 4.69) is 137 Å². The van der Waals surface area contributed by atoms with Crippen LogP contribution in [-0.4, -0.2) is 19.6 Å². The summed E-state index contributed by atoms with van der Waals surface area (Å²) < 4.78 is 8.51. The maximum Gasteiger partial charge on any atom is 0.149 e. The molecule has 0 saturated heterocycles. The van der Waals surface area contributed by atoms with Crippen LogP contribution in [0.2, 0.25) is 0 Å². The van der Waals surface area contributed by atoms with Crippen molar-refractivity contribution in [3.05, 3.63) is 157 Å². The molecule has 0 amide bonds. The van der Waals surface area contributed by atoms with Gasteiger partial charge in [-0.25, -0.2) is 4.98 Å². The number of rotatable bonds is 5. The average molecular weight is 718 g/mol. The minimum absolute atomic E-state index is 0.0493. The molecule has 0 atom stereocenters. The number of aromatic nitrogens is 3. The monoisotopic (exact) mass is 717 g/mol. The van der Waals surface area contributed by atoms with Crippen LogP contribution >= 0.6 is 0 Å². The Kier molecular flexibility index (Phi) is 8.01. The molecule has 270 valence electrons. The lowest BCUT2D eigenvalue weighted by molar-refractivity contribution is 0.477. The number of furan rings is 1. The maximum absolute atomic E-state index is 11.3. The van der Waals surface area contributed by atoms with Crippen molar-refractivity contribution in [3.63, 3.8) is 0 Å². The van der Waals surface area contributed by atoms with Crippen molar-refractivity contribution in [1.82, 2.24) is 14.5 Å². The van der Waals surface area contributed by atoms with Crippen molar-refractivity contribution < 1.29 is 9.52 Å². The molecule has 9 rings (SSSR count). The van der Waals surface area contributed by atoms with Crippen LogP contribution in [0.25, 0.3) is 83.6 Å². The number of imidazole rings is 1. The first kappa shape index (κ1) is 34.3. The van der Waals surface area contributed by atoms with Gasteiger partial charge in [0.25, 0.3) is 0 Å². The van der Waals surface area contributed by atoms with Gasteiger partial charge in [-0.15, -0.1) is 0 Å². The number of hydrogen-bond acceptors (Lipinski definition) is 4. The number of pyridine rings is 1. The van der Waals surface area contributed by atoms with Crippen LogP contribution in [-0.2, 0) is 10.8 Å². The molecule has 0 aliphatic heterocycles. The van der Waals surface area contributed by atoms with E-state index in [0.29, 0.717) is 11.4 Å². The Morgan fingerprint density at radius 3 is 2.04 bits per heavy atom. The molecule has 5 heteroatoms. The van der Waals surface area contributed by atoms with Crippen molar-refractivity contribution in [2.75, 3.05) is 0 Å². The minimum atomic E-state index is -0.137. The summed E-state index contributed by atoms with van der Waals surface area (Å²) in [6.45, 7) is 13.4. The largest absolute Gasteiger partial charge is 0.507 e. The molecular formula is C50H43N3O2. The van der Waals surface area contributed by atoms with Gasteiger partial charge in [0, 0.05) is 39.7 Å². The van der Waals surface area contributed by atoms with E-state index in [-0.39, 0.29) is 16.6 Å². The zero-order valence-corrected chi connectivity index (χ0v) is 32.1. The summed E-state index contributed by atoms with van der Waals surface area (Å²) in [5.74, 6) is 0.850. The van der Waals surface area contributed by atoms with Crippen LogP contribution in [0.1, 0.15) is 52.7 Å². The number of phenolic OH excluding ortho intramolecular Hbond substituents is 1. The van der Waals surface area contributed by atoms with Crippen molar-refractivity contribution >= 4 is 33.0 Å². The Balaban J connectivity index is 1.30. The predicted molar refractivity (Wildman–Crippen MR) is 227 cm³/mol. The Morgan fingerprint density at radius 1 is 0.545 bits per heavy atom. The highest BCUT2D eigenvalue weighted by molar-refractivity contribution is 6.05. The van der Waals surface area contributed by atoms with Gasteiger partial charge in [0.05, 0.1) is 28.0 Å². The summed E-state index contributed by atoms with van der Waals surface area (Å²) in [5, 5.41) is 13.4. The van der Waals surface area contributed by atoms with E-state index in [1.807, 2.05) is 48.7 Å². The van der Waals surface area contributed by atoms with Gasteiger partial charge >= 0.3 is 0 Å². The molecule has 0 unspecified atom stereocenters. The van der Waals surface area contributed by atoms with E-state index in [4.69, 9.17) is 14.4 Å². The Morgan fingerprint density at radius 2 is 1.25 bits per heavy atom. The second kappa shape index (κ2) is 12.8. The topological polar surface area (TPSA) is 64.1 Å². The summed E-state index contributed by atoms with van der Waals surface area (Å²) in [6.07, 6.45) is 1.93. The molecule has 1 N–H and O–H groups in total. The number of hydrogen-bond donors (Lipinski definition) is 1. The number of nitrogens with zero attached hydrogens (tertiary/aromatic N) is 3. The number of phenols is 1. The van der Waals surface area contributed by atoms with Crippen molar-refractivity contribution in [2.24, 2.45) is 0 Å². The molecule has 55 heavy (non-hydrogen) atoms. The standard InChI is InChI=1S/C50H43N3O2/c1-49(2,3)34-23-24-42(39(28-34)31-15-8-7-9-16-31)53-43-20-14-19-36(47(43)52-48(53)38-18-10-12-21-44(38)54)32-25-33(27-35(26-32)50(4,5)6)41-29-46-40(30-51-41)37-17-11-13-22-45(37)55-46/h7-30,54H,1-6H3. The highest BCUT2D eigenvalue weighted by atomic mass is 16.3. The third kappa shape index (κ3) is 6.06. The molecule has 0 aliphatic carbocycles. The summed E-state index contributed by atoms with van der Waals surface area (Å²) in [5.41, 5.74) is 13.5. The van der Waals surface area contributed by atoms with Gasteiger partial charge in [-0.1, -0.05) is 126 Å². The summed E-state index contributed by atoms with van der Waals surface area (Å²) in [4.78, 5) is 10.4. The van der Waals surface area contributed by atoms with Crippen LogP contribution in [0.15, 0.2) is 150 Å². The number of para-hydroxylation sites is 3. The number of aromatic hydroxyl groups is 1. The maximum atomic E-state index is 11.3. The smallest absolute Gasteiger partial charge is 0.149 e. The van der Waals surface area contributed by atoms with E-state index < -0.39 is 0 Å². The van der Waals surface area contributed by atoms with Gasteiger partial charge in [-0.2, -0.15) is 0 Å². The van der Waals surface area contributed by atoms with Gasteiger partial charge in [0.2, 0.25) is 0 Å². The van der Waals surface area contributed by atoms with Crippen LogP contribution in [0, 0.1) is 0 Å². The van der Waals surface area contributed by atoms with Crippen molar-refractivity contribution in [3.8, 4) is 56.3 Å². The quantitative estimate of drug-likeness (QED) is 0.192.